The normalized spacial score (nSPS) is 11.8. The molecule has 0 fully saturated rings. The minimum Gasteiger partial charge on any atom is -0.336 e. The first kappa shape index (κ1) is 28.1. The average Bonchev–Trinajstić information content (AvgIpc) is 3.59. The standard InChI is InChI=1S/C30H27FN8O3S/c1-3-4-26(40)35-21-12-19(14-32-15-21)24-13-22-25(16-34-24)38-39-28(22)30-36-23-5-7-33-27(29(23)37-30)18-9-17(10-20(31)11-18)6-8-43(2,41)42/h5,7,9-16H,3-4,6,8H2,1-2H3,(H,35,40)(H,36,37)(H,38,39). The molecular formula is C30H27FN8O3S. The third-order valence-electron chi connectivity index (χ3n) is 6.86. The Morgan fingerprint density at radius 2 is 1.86 bits per heavy atom. The van der Waals surface area contributed by atoms with Gasteiger partial charge in [0.2, 0.25) is 5.91 Å². The zero-order valence-electron chi connectivity index (χ0n) is 23.3. The van der Waals surface area contributed by atoms with E-state index in [9.17, 15) is 17.6 Å². The molecule has 43 heavy (non-hydrogen) atoms. The van der Waals surface area contributed by atoms with Gasteiger partial charge in [-0.2, -0.15) is 5.10 Å². The third kappa shape index (κ3) is 6.11. The Bertz CT molecular complexity index is 2110. The van der Waals surface area contributed by atoms with Crippen molar-refractivity contribution in [3.63, 3.8) is 0 Å². The number of rotatable bonds is 9. The number of pyridine rings is 3. The van der Waals surface area contributed by atoms with E-state index in [0.29, 0.717) is 62.7 Å². The highest BCUT2D eigenvalue weighted by molar-refractivity contribution is 7.90. The summed E-state index contributed by atoms with van der Waals surface area (Å²) in [5.41, 5.74) is 5.86. The van der Waals surface area contributed by atoms with Gasteiger partial charge in [0, 0.05) is 41.6 Å². The molecule has 0 spiro atoms. The summed E-state index contributed by atoms with van der Waals surface area (Å²) >= 11 is 0. The summed E-state index contributed by atoms with van der Waals surface area (Å²) in [6, 6.07) is 9.88. The molecular weight excluding hydrogens is 571 g/mol. The predicted molar refractivity (Wildman–Crippen MR) is 162 cm³/mol. The maximum atomic E-state index is 14.6. The lowest BCUT2D eigenvalue weighted by molar-refractivity contribution is -0.116. The van der Waals surface area contributed by atoms with Gasteiger partial charge in [0.15, 0.2) is 5.82 Å². The Labute approximate surface area is 246 Å². The number of halogens is 1. The predicted octanol–water partition coefficient (Wildman–Crippen LogP) is 5.09. The second-order valence-electron chi connectivity index (χ2n) is 10.3. The minimum atomic E-state index is -3.21. The van der Waals surface area contributed by atoms with Crippen LogP contribution in [0.3, 0.4) is 0 Å². The van der Waals surface area contributed by atoms with Crippen LogP contribution in [0, 0.1) is 5.82 Å². The number of aromatic nitrogens is 7. The number of nitrogens with zero attached hydrogens (tertiary/aromatic N) is 5. The Hall–Kier alpha value is -5.04. The third-order valence-corrected chi connectivity index (χ3v) is 7.81. The number of carbonyl (C=O) groups is 1. The van der Waals surface area contributed by atoms with Crippen molar-refractivity contribution < 1.29 is 17.6 Å². The Morgan fingerprint density at radius 1 is 1.00 bits per heavy atom. The molecule has 6 rings (SSSR count). The minimum absolute atomic E-state index is 0.0795. The summed E-state index contributed by atoms with van der Waals surface area (Å²) in [5, 5.41) is 11.1. The van der Waals surface area contributed by atoms with Gasteiger partial charge in [-0.05, 0) is 54.8 Å². The lowest BCUT2D eigenvalue weighted by atomic mass is 10.0. The molecule has 0 bridgehead atoms. The second-order valence-corrected chi connectivity index (χ2v) is 12.6. The van der Waals surface area contributed by atoms with Gasteiger partial charge in [0.1, 0.15) is 26.9 Å². The van der Waals surface area contributed by atoms with Crippen LogP contribution in [0.5, 0.6) is 0 Å². The lowest BCUT2D eigenvalue weighted by Crippen LogP contribution is -2.10. The summed E-state index contributed by atoms with van der Waals surface area (Å²) in [4.78, 5) is 33.4. The number of imidazole rings is 1. The lowest BCUT2D eigenvalue weighted by Gasteiger charge is -2.06. The van der Waals surface area contributed by atoms with Crippen molar-refractivity contribution in [2.75, 3.05) is 17.3 Å². The van der Waals surface area contributed by atoms with E-state index in [1.165, 1.54) is 12.1 Å². The van der Waals surface area contributed by atoms with E-state index in [2.05, 4.69) is 35.5 Å². The van der Waals surface area contributed by atoms with Crippen LogP contribution in [0.15, 0.2) is 61.2 Å². The van der Waals surface area contributed by atoms with Gasteiger partial charge < -0.3 is 10.3 Å². The van der Waals surface area contributed by atoms with Crippen molar-refractivity contribution in [1.82, 2.24) is 35.1 Å². The zero-order valence-corrected chi connectivity index (χ0v) is 24.2. The number of anilines is 1. The van der Waals surface area contributed by atoms with Gasteiger partial charge in [-0.3, -0.25) is 24.8 Å². The van der Waals surface area contributed by atoms with Gasteiger partial charge in [-0.25, -0.2) is 17.8 Å². The van der Waals surface area contributed by atoms with Crippen molar-refractivity contribution in [3.05, 3.63) is 72.6 Å². The summed E-state index contributed by atoms with van der Waals surface area (Å²) in [6.07, 6.45) is 9.04. The molecule has 1 amide bonds. The number of amides is 1. The van der Waals surface area contributed by atoms with Gasteiger partial charge in [-0.15, -0.1) is 0 Å². The number of carbonyl (C=O) groups excluding carboxylic acids is 1. The highest BCUT2D eigenvalue weighted by atomic mass is 32.2. The van der Waals surface area contributed by atoms with E-state index in [4.69, 9.17) is 4.98 Å². The number of H-pyrrole nitrogens is 2. The fourth-order valence-corrected chi connectivity index (χ4v) is 5.45. The molecule has 5 heterocycles. The van der Waals surface area contributed by atoms with Gasteiger partial charge in [0.25, 0.3) is 0 Å². The average molecular weight is 599 g/mol. The molecule has 6 aromatic rings. The second kappa shape index (κ2) is 11.3. The van der Waals surface area contributed by atoms with Crippen LogP contribution < -0.4 is 5.32 Å². The quantitative estimate of drug-likeness (QED) is 0.208. The fraction of sp³-hybridized carbons (Fsp3) is 0.200. The zero-order chi connectivity index (χ0) is 30.1. The number of sulfone groups is 1. The van der Waals surface area contributed by atoms with Crippen LogP contribution in [-0.4, -0.2) is 61.5 Å². The van der Waals surface area contributed by atoms with Crippen molar-refractivity contribution >= 4 is 43.4 Å². The number of nitrogens with one attached hydrogen (secondary N) is 3. The van der Waals surface area contributed by atoms with E-state index in [-0.39, 0.29) is 18.1 Å². The number of hydrogen-bond acceptors (Lipinski definition) is 8. The molecule has 0 aliphatic heterocycles. The molecule has 0 aliphatic rings. The van der Waals surface area contributed by atoms with E-state index in [1.807, 2.05) is 19.1 Å². The van der Waals surface area contributed by atoms with Crippen LogP contribution in [0.2, 0.25) is 0 Å². The molecule has 0 unspecified atom stereocenters. The maximum absolute atomic E-state index is 14.6. The highest BCUT2D eigenvalue weighted by Crippen LogP contribution is 2.32. The van der Waals surface area contributed by atoms with Crippen LogP contribution in [0.4, 0.5) is 10.1 Å². The summed E-state index contributed by atoms with van der Waals surface area (Å²) in [6.45, 7) is 1.94. The van der Waals surface area contributed by atoms with Crippen molar-refractivity contribution in [1.29, 1.82) is 0 Å². The molecule has 13 heteroatoms. The SMILES string of the molecule is CCCC(=O)Nc1cncc(-c2cc3c(-c4nc5c(-c6cc(F)cc(CCS(C)(=O)=O)c6)nccc5[nH]4)n[nH]c3cn2)c1. The van der Waals surface area contributed by atoms with Crippen molar-refractivity contribution in [3.8, 4) is 34.0 Å². The number of aromatic amines is 2. The fourth-order valence-electron chi connectivity index (χ4n) is 4.85. The van der Waals surface area contributed by atoms with E-state index in [1.54, 1.807) is 36.9 Å². The van der Waals surface area contributed by atoms with Crippen LogP contribution in [0.1, 0.15) is 25.3 Å². The summed E-state index contributed by atoms with van der Waals surface area (Å²) in [7, 11) is -3.21. The first-order valence-electron chi connectivity index (χ1n) is 13.6. The molecule has 11 nitrogen and oxygen atoms in total. The molecule has 1 aromatic carbocycles. The molecule has 0 saturated heterocycles. The number of aryl methyl sites for hydroxylation is 1. The Kier molecular flexibility index (Phi) is 7.40. The number of fused-ring (bicyclic) bond motifs is 2. The van der Waals surface area contributed by atoms with Crippen molar-refractivity contribution in [2.24, 2.45) is 0 Å². The first-order valence-corrected chi connectivity index (χ1v) is 15.6. The smallest absolute Gasteiger partial charge is 0.224 e. The number of hydrogen-bond donors (Lipinski definition) is 3. The molecule has 3 N–H and O–H groups in total. The molecule has 0 saturated carbocycles. The monoisotopic (exact) mass is 598 g/mol. The Morgan fingerprint density at radius 3 is 2.67 bits per heavy atom. The molecule has 0 aliphatic carbocycles. The van der Waals surface area contributed by atoms with Gasteiger partial charge in [-0.1, -0.05) is 6.92 Å². The topological polar surface area (TPSA) is 159 Å². The van der Waals surface area contributed by atoms with Gasteiger partial charge in [0.05, 0.1) is 46.3 Å². The van der Waals surface area contributed by atoms with Crippen LogP contribution >= 0.6 is 0 Å². The maximum Gasteiger partial charge on any atom is 0.224 e. The number of benzene rings is 1. The van der Waals surface area contributed by atoms with Crippen LogP contribution in [-0.2, 0) is 21.1 Å². The first-order chi connectivity index (χ1) is 20.7. The Balaban J connectivity index is 1.37. The molecule has 218 valence electrons. The van der Waals surface area contributed by atoms with Crippen molar-refractivity contribution in [2.45, 2.75) is 26.2 Å². The van der Waals surface area contributed by atoms with E-state index in [0.717, 1.165) is 23.6 Å². The van der Waals surface area contributed by atoms with E-state index < -0.39 is 15.7 Å². The summed E-state index contributed by atoms with van der Waals surface area (Å²) < 4.78 is 37.9. The summed E-state index contributed by atoms with van der Waals surface area (Å²) in [5.74, 6) is -0.182. The molecule has 0 atom stereocenters. The van der Waals surface area contributed by atoms with E-state index >= 15 is 0 Å². The highest BCUT2D eigenvalue weighted by Gasteiger charge is 2.18. The molecule has 5 aromatic heterocycles. The molecule has 0 radical (unpaired) electrons. The largest absolute Gasteiger partial charge is 0.336 e. The van der Waals surface area contributed by atoms with Crippen LogP contribution in [0.25, 0.3) is 56.0 Å². The van der Waals surface area contributed by atoms with Gasteiger partial charge >= 0.3 is 0 Å².